The molecule has 2 rings (SSSR count). The zero-order valence-corrected chi connectivity index (χ0v) is 17.5. The minimum absolute atomic E-state index is 0.156. The highest BCUT2D eigenvalue weighted by atomic mass is 32.1. The van der Waals surface area contributed by atoms with Crippen LogP contribution >= 0.6 is 22.7 Å². The van der Waals surface area contributed by atoms with Crippen LogP contribution in [0.15, 0.2) is 11.6 Å². The highest BCUT2D eigenvalue weighted by molar-refractivity contribution is 7.20. The van der Waals surface area contributed by atoms with E-state index in [1.54, 1.807) is 35.8 Å². The van der Waals surface area contributed by atoms with Crippen molar-refractivity contribution in [2.24, 2.45) is 5.92 Å². The fraction of sp³-hybridized carbons (Fsp3) is 0.600. The largest absolute Gasteiger partial charge is 0.300 e. The molecule has 0 saturated heterocycles. The van der Waals surface area contributed by atoms with E-state index in [1.165, 1.54) is 0 Å². The van der Waals surface area contributed by atoms with E-state index in [2.05, 4.69) is 23.8 Å². The second kappa shape index (κ2) is 10.7. The Balaban J connectivity index is 1.89. The van der Waals surface area contributed by atoms with E-state index in [9.17, 15) is 9.59 Å². The van der Waals surface area contributed by atoms with Crippen LogP contribution in [-0.2, 0) is 11.2 Å². The third-order valence-electron chi connectivity index (χ3n) is 4.10. The van der Waals surface area contributed by atoms with Crippen molar-refractivity contribution in [3.63, 3.8) is 0 Å². The van der Waals surface area contributed by atoms with Crippen molar-refractivity contribution < 1.29 is 9.59 Å². The van der Waals surface area contributed by atoms with E-state index in [-0.39, 0.29) is 11.6 Å². The number of aromatic nitrogens is 2. The minimum Gasteiger partial charge on any atom is -0.300 e. The molecule has 0 aromatic carbocycles. The summed E-state index contributed by atoms with van der Waals surface area (Å²) in [6, 6.07) is 0. The first-order valence-corrected chi connectivity index (χ1v) is 11.1. The van der Waals surface area contributed by atoms with Gasteiger partial charge >= 0.3 is 0 Å². The summed E-state index contributed by atoms with van der Waals surface area (Å²) in [5.74, 6) is 0.910. The molecule has 0 amide bonds. The normalized spacial score (nSPS) is 11.2. The Kier molecular flexibility index (Phi) is 8.59. The Labute approximate surface area is 164 Å². The second-order valence-electron chi connectivity index (χ2n) is 7.12. The van der Waals surface area contributed by atoms with Crippen LogP contribution in [0.4, 0.5) is 0 Å². The van der Waals surface area contributed by atoms with Crippen molar-refractivity contribution in [3.05, 3.63) is 22.1 Å². The van der Waals surface area contributed by atoms with E-state index >= 15 is 0 Å². The zero-order chi connectivity index (χ0) is 18.9. The Morgan fingerprint density at radius 3 is 2.35 bits per heavy atom. The summed E-state index contributed by atoms with van der Waals surface area (Å²) < 4.78 is 0. The summed E-state index contributed by atoms with van der Waals surface area (Å²) in [6.07, 6.45) is 8.93. The maximum Gasteiger partial charge on any atom is 0.182 e. The maximum atomic E-state index is 12.7. The van der Waals surface area contributed by atoms with Gasteiger partial charge in [-0.2, -0.15) is 0 Å². The van der Waals surface area contributed by atoms with Crippen LogP contribution in [0.3, 0.4) is 0 Å². The molecule has 0 aliphatic heterocycles. The molecule has 2 aromatic rings. The molecule has 6 heteroatoms. The Morgan fingerprint density at radius 1 is 1.04 bits per heavy atom. The summed E-state index contributed by atoms with van der Waals surface area (Å²) in [4.78, 5) is 33.7. The highest BCUT2D eigenvalue weighted by Gasteiger charge is 2.20. The van der Waals surface area contributed by atoms with Crippen molar-refractivity contribution >= 4 is 34.2 Å². The number of Topliss-reactive ketones (excluding diaryl/α,β-unsaturated/α-hetero) is 2. The molecule has 0 bridgehead atoms. The molecule has 2 aromatic heterocycles. The molecule has 0 unspecified atom stereocenters. The molecular weight excluding hydrogens is 364 g/mol. The third kappa shape index (κ3) is 6.72. The van der Waals surface area contributed by atoms with E-state index in [4.69, 9.17) is 0 Å². The second-order valence-corrected chi connectivity index (χ2v) is 9.10. The third-order valence-corrected chi connectivity index (χ3v) is 6.10. The standard InChI is InChI=1S/C20H28N2O2S2/c1-14(2)13-17-18(22-20(26-17)19-21-11-12-25-19)16(24)10-8-6-4-5-7-9-15(3)23/h11-12,14H,4-10,13H2,1-3H3. The van der Waals surface area contributed by atoms with Crippen LogP contribution in [0.2, 0.25) is 0 Å². The Hall–Kier alpha value is -1.40. The molecule has 4 nitrogen and oxygen atoms in total. The van der Waals surface area contributed by atoms with Gasteiger partial charge in [0, 0.05) is 29.3 Å². The lowest BCUT2D eigenvalue weighted by Gasteiger charge is -2.04. The van der Waals surface area contributed by atoms with E-state index < -0.39 is 0 Å². The SMILES string of the molecule is CC(=O)CCCCCCCC(=O)c1nc(-c2nccs2)sc1CC(C)C. The van der Waals surface area contributed by atoms with Crippen molar-refractivity contribution in [2.75, 3.05) is 0 Å². The number of carbonyl (C=O) groups excluding carboxylic acids is 2. The van der Waals surface area contributed by atoms with Gasteiger partial charge in [0.05, 0.1) is 0 Å². The van der Waals surface area contributed by atoms with Crippen molar-refractivity contribution in [2.45, 2.75) is 72.1 Å². The summed E-state index contributed by atoms with van der Waals surface area (Å²) in [7, 11) is 0. The summed E-state index contributed by atoms with van der Waals surface area (Å²) in [5.41, 5.74) is 0.658. The first kappa shape index (κ1) is 20.9. The van der Waals surface area contributed by atoms with Crippen LogP contribution in [0.1, 0.15) is 81.1 Å². The number of unbranched alkanes of at least 4 members (excludes halogenated alkanes) is 4. The van der Waals surface area contributed by atoms with Gasteiger partial charge in [-0.05, 0) is 32.1 Å². The van der Waals surface area contributed by atoms with Gasteiger partial charge < -0.3 is 4.79 Å². The number of carbonyl (C=O) groups is 2. The Morgan fingerprint density at radius 2 is 1.73 bits per heavy atom. The molecule has 2 heterocycles. The van der Waals surface area contributed by atoms with E-state index in [0.717, 1.165) is 53.4 Å². The molecule has 142 valence electrons. The highest BCUT2D eigenvalue weighted by Crippen LogP contribution is 2.31. The molecule has 0 saturated carbocycles. The molecule has 26 heavy (non-hydrogen) atoms. The molecule has 0 atom stereocenters. The van der Waals surface area contributed by atoms with Crippen LogP contribution in [0.5, 0.6) is 0 Å². The summed E-state index contributed by atoms with van der Waals surface area (Å²) >= 11 is 3.17. The number of rotatable bonds is 12. The first-order chi connectivity index (χ1) is 12.5. The molecule has 0 spiro atoms. The van der Waals surface area contributed by atoms with Gasteiger partial charge in [0.15, 0.2) is 15.8 Å². The van der Waals surface area contributed by atoms with Gasteiger partial charge in [-0.25, -0.2) is 9.97 Å². The average molecular weight is 393 g/mol. The van der Waals surface area contributed by atoms with Gasteiger partial charge in [0.2, 0.25) is 0 Å². The first-order valence-electron chi connectivity index (χ1n) is 9.39. The van der Waals surface area contributed by atoms with Gasteiger partial charge in [-0.3, -0.25) is 4.79 Å². The number of hydrogen-bond acceptors (Lipinski definition) is 6. The lowest BCUT2D eigenvalue weighted by Crippen LogP contribution is -2.05. The van der Waals surface area contributed by atoms with Crippen molar-refractivity contribution in [3.8, 4) is 10.0 Å². The van der Waals surface area contributed by atoms with Crippen LogP contribution in [0, 0.1) is 5.92 Å². The molecule has 0 N–H and O–H groups in total. The fourth-order valence-electron chi connectivity index (χ4n) is 2.81. The summed E-state index contributed by atoms with van der Waals surface area (Å²) in [6.45, 7) is 5.97. The fourth-order valence-corrected chi connectivity index (χ4v) is 4.78. The van der Waals surface area contributed by atoms with Crippen molar-refractivity contribution in [1.82, 2.24) is 9.97 Å². The molecule has 0 aliphatic carbocycles. The van der Waals surface area contributed by atoms with Gasteiger partial charge in [0.1, 0.15) is 11.5 Å². The van der Waals surface area contributed by atoms with Crippen LogP contribution < -0.4 is 0 Å². The smallest absolute Gasteiger partial charge is 0.182 e. The number of ketones is 2. The monoisotopic (exact) mass is 392 g/mol. The lowest BCUT2D eigenvalue weighted by atomic mass is 10.0. The van der Waals surface area contributed by atoms with Crippen LogP contribution in [-0.4, -0.2) is 21.5 Å². The lowest BCUT2D eigenvalue weighted by molar-refractivity contribution is -0.117. The van der Waals surface area contributed by atoms with Crippen molar-refractivity contribution in [1.29, 1.82) is 0 Å². The average Bonchev–Trinajstić information content (AvgIpc) is 3.22. The number of hydrogen-bond donors (Lipinski definition) is 0. The van der Waals surface area contributed by atoms with Gasteiger partial charge in [0.25, 0.3) is 0 Å². The minimum atomic E-state index is 0.156. The Bertz CT molecular complexity index is 705. The predicted molar refractivity (Wildman–Crippen MR) is 109 cm³/mol. The van der Waals surface area contributed by atoms with Gasteiger partial charge in [-0.15, -0.1) is 22.7 Å². The zero-order valence-electron chi connectivity index (χ0n) is 15.9. The topological polar surface area (TPSA) is 59.9 Å². The molecule has 0 fully saturated rings. The quantitative estimate of drug-likeness (QED) is 0.330. The molecular formula is C20H28N2O2S2. The maximum absolute atomic E-state index is 12.7. The number of nitrogens with zero attached hydrogens (tertiary/aromatic N) is 2. The predicted octanol–water partition coefficient (Wildman–Crippen LogP) is 5.97. The summed E-state index contributed by atoms with van der Waals surface area (Å²) in [5, 5.41) is 3.69. The van der Waals surface area contributed by atoms with E-state index in [1.807, 2.05) is 5.38 Å². The number of thiazole rings is 2. The molecule has 0 radical (unpaired) electrons. The van der Waals surface area contributed by atoms with Gasteiger partial charge in [-0.1, -0.05) is 33.1 Å². The molecule has 0 aliphatic rings. The van der Waals surface area contributed by atoms with E-state index in [0.29, 0.717) is 24.5 Å². The van der Waals surface area contributed by atoms with Crippen LogP contribution in [0.25, 0.3) is 10.0 Å².